The molecule has 322 valence electrons. The van der Waals surface area contributed by atoms with Gasteiger partial charge in [-0.2, -0.15) is 66.8 Å². The predicted octanol–water partition coefficient (Wildman–Crippen LogP) is 1.97. The van der Waals surface area contributed by atoms with Crippen LogP contribution in [0.15, 0.2) is 20.5 Å². The largest absolute Gasteiger partial charge is 0.389 e. The fourth-order valence-electron chi connectivity index (χ4n) is 10.7. The lowest BCUT2D eigenvalue weighted by Crippen LogP contribution is -2.61. The highest BCUT2D eigenvalue weighted by Crippen LogP contribution is 2.42. The normalized spacial score (nSPS) is 43.3. The molecule has 2 aliphatic heterocycles. The average molecular weight is 893 g/mol. The van der Waals surface area contributed by atoms with Crippen LogP contribution in [-0.2, 0) is 40.5 Å². The van der Waals surface area contributed by atoms with Crippen LogP contribution in [-0.4, -0.2) is 139 Å². The Hall–Kier alpha value is -0.930. The van der Waals surface area contributed by atoms with Crippen molar-refractivity contribution in [1.82, 2.24) is 10.6 Å². The lowest BCUT2D eigenvalue weighted by molar-refractivity contribution is 0.0255. The minimum Gasteiger partial charge on any atom is -0.389 e. The zero-order valence-corrected chi connectivity index (χ0v) is 35.1. The number of nitrogens with one attached hydrogen (secondary N) is 2. The Labute approximate surface area is 334 Å². The molecule has 0 spiro atoms. The summed E-state index contributed by atoms with van der Waals surface area (Å²) in [4.78, 5) is 0. The van der Waals surface area contributed by atoms with E-state index in [1.54, 1.807) is 0 Å². The molecule has 2 saturated heterocycles. The number of fused-ring (bicyclic) bond motifs is 2. The molecule has 4 saturated carbocycles. The Bertz CT molecular complexity index is 1770. The van der Waals surface area contributed by atoms with E-state index in [2.05, 4.69) is 31.1 Å². The van der Waals surface area contributed by atoms with Gasteiger partial charge in [-0.1, -0.05) is 0 Å². The van der Waals surface area contributed by atoms with E-state index in [9.17, 15) is 57.0 Å². The minimum absolute atomic E-state index is 0.0182. The maximum absolute atomic E-state index is 12.6. The second kappa shape index (κ2) is 17.6. The number of piperidine rings is 2. The zero-order valence-electron chi connectivity index (χ0n) is 30.9. The highest BCUT2D eigenvalue weighted by molar-refractivity contribution is 7.87. The Balaban J connectivity index is 1.07. The Morgan fingerprint density at radius 1 is 0.518 bits per heavy atom. The molecule has 7 N–H and O–H groups in total. The fraction of sp³-hybridized carbons (Fsp3) is 1.00. The van der Waals surface area contributed by atoms with Crippen molar-refractivity contribution >= 4 is 53.1 Å². The van der Waals surface area contributed by atoms with Crippen LogP contribution in [0, 0.1) is 23.7 Å². The van der Waals surface area contributed by atoms with Gasteiger partial charge >= 0.3 is 0 Å². The number of nitrogens with zero attached hydrogens (tertiary/aromatic N) is 4. The molecule has 19 nitrogen and oxygen atoms in total. The average Bonchev–Trinajstić information content (AvgIpc) is 3.12. The number of aliphatic hydroxyl groups excluding tert-OH is 1. The van der Waals surface area contributed by atoms with Gasteiger partial charge in [0.05, 0.1) is 51.3 Å². The van der Waals surface area contributed by atoms with Crippen LogP contribution in [0.5, 0.6) is 0 Å². The van der Waals surface area contributed by atoms with Crippen molar-refractivity contribution in [2.75, 3.05) is 13.1 Å². The second-order valence-electron chi connectivity index (χ2n) is 16.9. The van der Waals surface area contributed by atoms with Crippen molar-refractivity contribution in [3.63, 3.8) is 0 Å². The number of azo groups is 2. The Morgan fingerprint density at radius 2 is 0.929 bits per heavy atom. The van der Waals surface area contributed by atoms with Crippen molar-refractivity contribution in [2.24, 2.45) is 44.1 Å². The first-order valence-corrected chi connectivity index (χ1v) is 26.1. The Kier molecular flexibility index (Phi) is 14.0. The lowest BCUT2D eigenvalue weighted by Gasteiger charge is -2.45. The first kappa shape index (κ1) is 44.6. The molecule has 0 aromatic carbocycles. The van der Waals surface area contributed by atoms with Crippen molar-refractivity contribution in [1.29, 1.82) is 0 Å². The Morgan fingerprint density at radius 3 is 1.39 bits per heavy atom. The van der Waals surface area contributed by atoms with Crippen molar-refractivity contribution in [2.45, 2.75) is 158 Å². The summed E-state index contributed by atoms with van der Waals surface area (Å²) < 4.78 is 140. The minimum atomic E-state index is -4.59. The van der Waals surface area contributed by atoms with E-state index in [0.29, 0.717) is 58.0 Å². The van der Waals surface area contributed by atoms with Gasteiger partial charge < -0.3 is 15.7 Å². The summed E-state index contributed by atoms with van der Waals surface area (Å²) in [5.41, 5.74) is 0. The molecule has 4 aliphatic carbocycles. The maximum atomic E-state index is 12.6. The van der Waals surface area contributed by atoms with E-state index in [1.165, 1.54) is 0 Å². The van der Waals surface area contributed by atoms with Crippen LogP contribution in [0.1, 0.15) is 89.9 Å². The quantitative estimate of drug-likeness (QED) is 0.0836. The van der Waals surface area contributed by atoms with Gasteiger partial charge in [0, 0.05) is 17.3 Å². The van der Waals surface area contributed by atoms with Gasteiger partial charge in [0.1, 0.15) is 0 Å². The molecule has 56 heavy (non-hydrogen) atoms. The maximum Gasteiger partial charge on any atom is 0.268 e. The topological polar surface area (TPSA) is 311 Å². The van der Waals surface area contributed by atoms with Crippen LogP contribution in [0.4, 0.5) is 0 Å². The monoisotopic (exact) mass is 892 g/mol. The van der Waals surface area contributed by atoms with E-state index >= 15 is 0 Å². The van der Waals surface area contributed by atoms with Gasteiger partial charge in [-0.05, 0) is 127 Å². The molecular formula is C32H56N6O13S5. The van der Waals surface area contributed by atoms with E-state index in [-0.39, 0.29) is 55.7 Å². The van der Waals surface area contributed by atoms with Crippen LogP contribution in [0.25, 0.3) is 0 Å². The standard InChI is InChI=1S/C32H56N6O13S5/c39-31-23(15-27(55(46,47)48)21-3-1-11-33-29(21)31)37-35-19-9-7-17(25(13-19)53(40,41)42)5-6-18-8-10-20(14-26(18)54(43,44)45)36-38-24-16-28(56(49,50)51)22-4-2-12-34-30(22)32(24)52/h17-34,39,52H,1-16H2,(H,40,41,42)(H,43,44,45)(H,46,47,48)(H,49,50,51). The molecule has 0 aromatic heterocycles. The second-order valence-corrected chi connectivity index (χ2v) is 24.0. The molecule has 6 aliphatic rings. The summed E-state index contributed by atoms with van der Waals surface area (Å²) in [7, 11) is -18.0. The van der Waals surface area contributed by atoms with E-state index in [0.717, 1.165) is 6.42 Å². The third kappa shape index (κ3) is 10.3. The first-order chi connectivity index (χ1) is 26.1. The zero-order chi connectivity index (χ0) is 40.8. The summed E-state index contributed by atoms with van der Waals surface area (Å²) in [5, 5.41) is 29.8. The van der Waals surface area contributed by atoms with Crippen molar-refractivity contribution in [3.05, 3.63) is 0 Å². The third-order valence-electron chi connectivity index (χ3n) is 13.5. The highest BCUT2D eigenvalue weighted by Gasteiger charge is 2.51. The van der Waals surface area contributed by atoms with Gasteiger partial charge in [-0.15, -0.1) is 0 Å². The number of thiol groups is 1. The van der Waals surface area contributed by atoms with E-state index < -0.39 is 116 Å². The molecule has 0 bridgehead atoms. The number of aliphatic hydroxyl groups is 1. The summed E-state index contributed by atoms with van der Waals surface area (Å²) in [6, 6.07) is -3.80. The molecule has 0 aromatic rings. The first-order valence-electron chi connectivity index (χ1n) is 19.6. The number of hydrogen-bond donors (Lipinski definition) is 8. The van der Waals surface area contributed by atoms with E-state index in [1.807, 2.05) is 0 Å². The third-order valence-corrected chi connectivity index (χ3v) is 19.5. The summed E-state index contributed by atoms with van der Waals surface area (Å²) in [6.07, 6.45) is 3.11. The number of hydrogen-bond acceptors (Lipinski definition) is 16. The van der Waals surface area contributed by atoms with Crippen LogP contribution in [0.3, 0.4) is 0 Å². The molecule has 0 amide bonds. The fourth-order valence-corrected chi connectivity index (χ4v) is 16.0. The smallest absolute Gasteiger partial charge is 0.268 e. The van der Waals surface area contributed by atoms with Gasteiger partial charge in [-0.25, -0.2) is 0 Å². The predicted molar refractivity (Wildman–Crippen MR) is 207 cm³/mol. The number of rotatable bonds is 11. The summed E-state index contributed by atoms with van der Waals surface area (Å²) >= 11 is 4.73. The molecular weight excluding hydrogens is 837 g/mol. The van der Waals surface area contributed by atoms with Crippen LogP contribution >= 0.6 is 12.6 Å². The molecule has 2 heterocycles. The van der Waals surface area contributed by atoms with Crippen molar-refractivity contribution < 1.29 is 57.0 Å². The van der Waals surface area contributed by atoms with Gasteiger partial charge in [-0.3, -0.25) is 18.2 Å². The molecule has 24 heteroatoms. The van der Waals surface area contributed by atoms with Crippen LogP contribution < -0.4 is 10.6 Å². The van der Waals surface area contributed by atoms with Crippen LogP contribution in [0.2, 0.25) is 0 Å². The lowest BCUT2D eigenvalue weighted by atomic mass is 9.75. The molecule has 0 radical (unpaired) electrons. The van der Waals surface area contributed by atoms with Crippen molar-refractivity contribution in [3.8, 4) is 0 Å². The molecule has 6 rings (SSSR count). The summed E-state index contributed by atoms with van der Waals surface area (Å²) in [6.45, 7) is 1.24. The SMILES string of the molecule is O=S(=O)(O)C1CC(N=NC2CC(S(=O)(=O)O)C3CCCNC3C2O)CCC1CCC1CCC(N=NC2CC(S(=O)(=O)O)C3CCCNC3C2S)CC1S(=O)(=O)O. The molecule has 6 fully saturated rings. The summed E-state index contributed by atoms with van der Waals surface area (Å²) in [5.74, 6) is -1.92. The van der Waals surface area contributed by atoms with Gasteiger partial charge in [0.25, 0.3) is 40.5 Å². The molecule has 16 atom stereocenters. The van der Waals surface area contributed by atoms with E-state index in [4.69, 9.17) is 12.6 Å². The van der Waals surface area contributed by atoms with Gasteiger partial charge in [0.2, 0.25) is 0 Å². The van der Waals surface area contributed by atoms with Gasteiger partial charge in [0.15, 0.2) is 0 Å². The molecule has 16 unspecified atom stereocenters. The highest BCUT2D eigenvalue weighted by atomic mass is 32.2.